The van der Waals surface area contributed by atoms with Gasteiger partial charge in [-0.25, -0.2) is 4.79 Å². The summed E-state index contributed by atoms with van der Waals surface area (Å²) in [6, 6.07) is 12.6. The summed E-state index contributed by atoms with van der Waals surface area (Å²) in [5.74, 6) is 0.399. The van der Waals surface area contributed by atoms with Gasteiger partial charge in [-0.05, 0) is 69.9 Å². The molecule has 2 aromatic rings. The number of amides is 2. The summed E-state index contributed by atoms with van der Waals surface area (Å²) in [5, 5.41) is 6.52. The molecular formula is C29H35N3O5. The quantitative estimate of drug-likeness (QED) is 0.451. The highest BCUT2D eigenvalue weighted by Gasteiger charge is 2.29. The fourth-order valence-corrected chi connectivity index (χ4v) is 4.84. The minimum Gasteiger partial charge on any atom is -0.497 e. The van der Waals surface area contributed by atoms with Gasteiger partial charge in [0.1, 0.15) is 5.75 Å². The molecule has 2 amide bonds. The number of fused-ring (bicyclic) bond motifs is 1. The normalized spacial score (nSPS) is 17.9. The number of methoxy groups -OCH3 is 1. The molecule has 2 aliphatic rings. The zero-order chi connectivity index (χ0) is 26.6. The fraction of sp³-hybridized carbons (Fsp3) is 0.414. The first kappa shape index (κ1) is 26.3. The average molecular weight is 506 g/mol. The summed E-state index contributed by atoms with van der Waals surface area (Å²) >= 11 is 0. The molecule has 8 nitrogen and oxygen atoms in total. The Morgan fingerprint density at radius 1 is 1.08 bits per heavy atom. The number of carbonyl (C=O) groups is 3. The van der Waals surface area contributed by atoms with Gasteiger partial charge in [0.05, 0.1) is 13.7 Å². The first-order valence-corrected chi connectivity index (χ1v) is 12.7. The van der Waals surface area contributed by atoms with Crippen molar-refractivity contribution in [2.75, 3.05) is 26.8 Å². The molecule has 0 saturated carbocycles. The lowest BCUT2D eigenvalue weighted by molar-refractivity contribution is 0.0859. The van der Waals surface area contributed by atoms with Crippen molar-refractivity contribution in [1.82, 2.24) is 15.5 Å². The maximum atomic E-state index is 13.1. The van der Waals surface area contributed by atoms with Crippen LogP contribution in [-0.4, -0.2) is 61.1 Å². The van der Waals surface area contributed by atoms with Crippen LogP contribution in [0.4, 0.5) is 4.79 Å². The van der Waals surface area contributed by atoms with Crippen LogP contribution in [0, 0.1) is 0 Å². The van der Waals surface area contributed by atoms with Crippen molar-refractivity contribution in [1.29, 1.82) is 0 Å². The number of nitrogens with one attached hydrogen (secondary N) is 2. The Hall–Kier alpha value is -3.81. The smallest absolute Gasteiger partial charge is 0.409 e. The van der Waals surface area contributed by atoms with E-state index in [0.717, 1.165) is 29.0 Å². The SMILES string of the molecule is CCOC(=O)N1CCC(NC(=O)c2ccc(C(=O)/C=C3\NC(C)(C)Cc4ccc(OC)cc43)cc2)CC1. The molecule has 0 spiro atoms. The van der Waals surface area contributed by atoms with E-state index in [-0.39, 0.29) is 29.4 Å². The van der Waals surface area contributed by atoms with Gasteiger partial charge in [-0.1, -0.05) is 18.2 Å². The third-order valence-corrected chi connectivity index (χ3v) is 6.78. The van der Waals surface area contributed by atoms with E-state index in [1.54, 1.807) is 49.3 Å². The summed E-state index contributed by atoms with van der Waals surface area (Å²) in [6.45, 7) is 7.43. The first-order chi connectivity index (χ1) is 17.7. The molecule has 0 atom stereocenters. The van der Waals surface area contributed by atoms with Crippen LogP contribution >= 0.6 is 0 Å². The van der Waals surface area contributed by atoms with E-state index in [2.05, 4.69) is 24.5 Å². The number of piperidine rings is 1. The van der Waals surface area contributed by atoms with Crippen LogP contribution in [0.15, 0.2) is 48.5 Å². The maximum absolute atomic E-state index is 13.1. The Morgan fingerprint density at radius 2 is 1.76 bits per heavy atom. The van der Waals surface area contributed by atoms with Crippen LogP contribution in [0.2, 0.25) is 0 Å². The molecule has 0 aromatic heterocycles. The van der Waals surface area contributed by atoms with E-state index in [1.807, 2.05) is 18.2 Å². The van der Waals surface area contributed by atoms with Crippen molar-refractivity contribution in [3.63, 3.8) is 0 Å². The molecule has 0 bridgehead atoms. The van der Waals surface area contributed by atoms with Crippen LogP contribution in [0.3, 0.4) is 0 Å². The molecule has 2 aliphatic heterocycles. The molecule has 2 heterocycles. The predicted octanol–water partition coefficient (Wildman–Crippen LogP) is 4.19. The molecule has 0 aliphatic carbocycles. The number of rotatable bonds is 6. The van der Waals surface area contributed by atoms with E-state index in [1.165, 1.54) is 0 Å². The summed E-state index contributed by atoms with van der Waals surface area (Å²) in [7, 11) is 1.63. The lowest BCUT2D eigenvalue weighted by Gasteiger charge is -2.35. The van der Waals surface area contributed by atoms with Crippen molar-refractivity contribution in [3.05, 3.63) is 70.8 Å². The summed E-state index contributed by atoms with van der Waals surface area (Å²) in [4.78, 5) is 39.4. The zero-order valence-electron chi connectivity index (χ0n) is 21.9. The van der Waals surface area contributed by atoms with Crippen molar-refractivity contribution < 1.29 is 23.9 Å². The minimum absolute atomic E-state index is 0.0120. The summed E-state index contributed by atoms with van der Waals surface area (Å²) in [5.41, 5.74) is 3.67. The predicted molar refractivity (Wildman–Crippen MR) is 142 cm³/mol. The number of ether oxygens (including phenoxy) is 2. The Bertz CT molecular complexity index is 1190. The van der Waals surface area contributed by atoms with Crippen molar-refractivity contribution in [2.45, 2.75) is 51.6 Å². The Kier molecular flexibility index (Phi) is 7.86. The second-order valence-corrected chi connectivity index (χ2v) is 10.1. The third kappa shape index (κ3) is 6.31. The van der Waals surface area contributed by atoms with E-state index < -0.39 is 0 Å². The van der Waals surface area contributed by atoms with Crippen LogP contribution in [0.25, 0.3) is 5.70 Å². The lowest BCUT2D eigenvalue weighted by Crippen LogP contribution is -2.46. The third-order valence-electron chi connectivity index (χ3n) is 6.78. The van der Waals surface area contributed by atoms with Gasteiger partial charge in [-0.3, -0.25) is 9.59 Å². The molecule has 8 heteroatoms. The van der Waals surface area contributed by atoms with Gasteiger partial charge in [0, 0.05) is 53.1 Å². The van der Waals surface area contributed by atoms with E-state index >= 15 is 0 Å². The number of likely N-dealkylation sites (tertiary alicyclic amines) is 1. The van der Waals surface area contributed by atoms with Crippen molar-refractivity contribution in [2.24, 2.45) is 0 Å². The van der Waals surface area contributed by atoms with Gasteiger partial charge >= 0.3 is 6.09 Å². The second-order valence-electron chi connectivity index (χ2n) is 10.1. The van der Waals surface area contributed by atoms with E-state index in [9.17, 15) is 14.4 Å². The molecule has 196 valence electrons. The van der Waals surface area contributed by atoms with Crippen LogP contribution in [0.5, 0.6) is 5.75 Å². The Morgan fingerprint density at radius 3 is 2.41 bits per heavy atom. The van der Waals surface area contributed by atoms with Crippen LogP contribution < -0.4 is 15.4 Å². The number of hydrogen-bond acceptors (Lipinski definition) is 6. The average Bonchev–Trinajstić information content (AvgIpc) is 2.88. The standard InChI is InChI=1S/C29H35N3O5/c1-5-37-28(35)32-14-12-22(13-15-32)30-27(34)20-8-6-19(7-9-20)26(33)17-25-24-16-23(36-4)11-10-21(24)18-29(2,3)31-25/h6-11,16-17,22,31H,5,12-15,18H2,1-4H3,(H,30,34)/b25-17-. The fourth-order valence-electron chi connectivity index (χ4n) is 4.84. The highest BCUT2D eigenvalue weighted by atomic mass is 16.6. The summed E-state index contributed by atoms with van der Waals surface area (Å²) < 4.78 is 10.4. The number of nitrogens with zero attached hydrogens (tertiary/aromatic N) is 1. The Balaban J connectivity index is 1.41. The van der Waals surface area contributed by atoms with Crippen molar-refractivity contribution >= 4 is 23.5 Å². The molecule has 0 radical (unpaired) electrons. The number of allylic oxidation sites excluding steroid dienone is 1. The highest BCUT2D eigenvalue weighted by Crippen LogP contribution is 2.32. The second kappa shape index (κ2) is 11.1. The van der Waals surface area contributed by atoms with E-state index in [4.69, 9.17) is 9.47 Å². The van der Waals surface area contributed by atoms with Crippen LogP contribution in [-0.2, 0) is 11.2 Å². The molecule has 0 unspecified atom stereocenters. The number of carbonyl (C=O) groups excluding carboxylic acids is 3. The van der Waals surface area contributed by atoms with E-state index in [0.29, 0.717) is 43.7 Å². The molecule has 4 rings (SSSR count). The number of hydrogen-bond donors (Lipinski definition) is 2. The van der Waals surface area contributed by atoms with Gasteiger partial charge < -0.3 is 25.0 Å². The zero-order valence-corrected chi connectivity index (χ0v) is 21.9. The Labute approximate surface area is 218 Å². The lowest BCUT2D eigenvalue weighted by atomic mass is 9.85. The molecule has 1 saturated heterocycles. The van der Waals surface area contributed by atoms with Gasteiger partial charge in [-0.2, -0.15) is 0 Å². The van der Waals surface area contributed by atoms with Gasteiger partial charge in [0.15, 0.2) is 5.78 Å². The minimum atomic E-state index is -0.308. The topological polar surface area (TPSA) is 97.0 Å². The maximum Gasteiger partial charge on any atom is 0.409 e. The monoisotopic (exact) mass is 505 g/mol. The molecule has 2 aromatic carbocycles. The molecule has 37 heavy (non-hydrogen) atoms. The van der Waals surface area contributed by atoms with Gasteiger partial charge in [0.25, 0.3) is 5.91 Å². The summed E-state index contributed by atoms with van der Waals surface area (Å²) in [6.07, 6.45) is 3.49. The molecule has 2 N–H and O–H groups in total. The highest BCUT2D eigenvalue weighted by molar-refractivity contribution is 6.09. The largest absolute Gasteiger partial charge is 0.497 e. The number of ketones is 1. The van der Waals surface area contributed by atoms with Gasteiger partial charge in [0.2, 0.25) is 0 Å². The first-order valence-electron chi connectivity index (χ1n) is 12.7. The molecule has 1 fully saturated rings. The van der Waals surface area contributed by atoms with Crippen LogP contribution in [0.1, 0.15) is 65.5 Å². The van der Waals surface area contributed by atoms with Gasteiger partial charge in [-0.15, -0.1) is 0 Å². The van der Waals surface area contributed by atoms with Crippen molar-refractivity contribution in [3.8, 4) is 5.75 Å². The molecular weight excluding hydrogens is 470 g/mol. The number of benzene rings is 2.